The zero-order valence-electron chi connectivity index (χ0n) is 46.9. The Balaban J connectivity index is -0.000000946. The molecule has 0 aliphatic heterocycles. The molecular weight excluding hydrogens is 855 g/mol. The molecule has 0 aliphatic carbocycles. The van der Waals surface area contributed by atoms with Gasteiger partial charge in [-0.1, -0.05) is 129 Å². The number of Topliss-reactive ketones (excluding diaryl/α,β-unsaturated/α-hetero) is 4. The van der Waals surface area contributed by atoms with E-state index in [9.17, 15) is 24.0 Å². The lowest BCUT2D eigenvalue weighted by atomic mass is 9.87. The highest BCUT2D eigenvalue weighted by Crippen LogP contribution is 2.24. The van der Waals surface area contributed by atoms with Crippen LogP contribution in [0.4, 0.5) is 0 Å². The summed E-state index contributed by atoms with van der Waals surface area (Å²) in [6.07, 6.45) is 19.7. The van der Waals surface area contributed by atoms with E-state index >= 15 is 0 Å². The normalized spacial score (nSPS) is 11.4. The maximum absolute atomic E-state index is 13.0. The fourth-order valence-electron chi connectivity index (χ4n) is 7.56. The van der Waals surface area contributed by atoms with Crippen LogP contribution in [0.15, 0.2) is 77.9 Å². The lowest BCUT2D eigenvalue weighted by Gasteiger charge is -2.21. The topological polar surface area (TPSA) is 114 Å². The Kier molecular flexibility index (Phi) is 41.6. The van der Waals surface area contributed by atoms with Crippen molar-refractivity contribution < 1.29 is 24.0 Å². The molecule has 0 radical (unpaired) electrons. The van der Waals surface area contributed by atoms with Gasteiger partial charge in [0.2, 0.25) is 0 Å². The van der Waals surface area contributed by atoms with E-state index in [0.717, 1.165) is 104 Å². The molecule has 0 saturated carbocycles. The summed E-state index contributed by atoms with van der Waals surface area (Å²) in [5.74, 6) is 1.95. The minimum atomic E-state index is -0.489. The van der Waals surface area contributed by atoms with E-state index in [2.05, 4.69) is 89.5 Å². The van der Waals surface area contributed by atoms with Crippen LogP contribution in [0.3, 0.4) is 0 Å². The van der Waals surface area contributed by atoms with Crippen LogP contribution in [0.25, 0.3) is 5.57 Å². The van der Waals surface area contributed by atoms with E-state index in [1.165, 1.54) is 51.3 Å². The zero-order chi connectivity index (χ0) is 53.5. The molecule has 0 spiro atoms. The largest absolute Gasteiger partial charge is 0.303 e. The molecule has 0 bridgehead atoms. The van der Waals surface area contributed by atoms with Gasteiger partial charge in [-0.3, -0.25) is 24.4 Å². The van der Waals surface area contributed by atoms with Crippen molar-refractivity contribution in [3.63, 3.8) is 0 Å². The molecule has 2 aromatic rings. The second kappa shape index (κ2) is 42.0. The minimum absolute atomic E-state index is 0.00492. The molecule has 0 fully saturated rings. The number of aryl methyl sites for hydroxylation is 3. The van der Waals surface area contributed by atoms with Crippen LogP contribution in [0.2, 0.25) is 0 Å². The van der Waals surface area contributed by atoms with E-state index in [0.29, 0.717) is 23.1 Å². The summed E-state index contributed by atoms with van der Waals surface area (Å²) < 4.78 is 0. The van der Waals surface area contributed by atoms with Crippen molar-refractivity contribution in [1.82, 2.24) is 9.88 Å². The summed E-state index contributed by atoms with van der Waals surface area (Å²) >= 11 is 0. The van der Waals surface area contributed by atoms with E-state index in [1.54, 1.807) is 19.1 Å². The van der Waals surface area contributed by atoms with Gasteiger partial charge in [0.1, 0.15) is 17.5 Å². The monoisotopic (exact) mass is 952 g/mol. The van der Waals surface area contributed by atoms with Crippen molar-refractivity contribution in [2.45, 2.75) is 194 Å². The predicted molar refractivity (Wildman–Crippen MR) is 299 cm³/mol. The van der Waals surface area contributed by atoms with Crippen molar-refractivity contribution in [2.24, 2.45) is 16.8 Å². The Morgan fingerprint density at radius 2 is 1.45 bits per heavy atom. The van der Waals surface area contributed by atoms with Gasteiger partial charge in [0.15, 0.2) is 11.6 Å². The molecule has 1 unspecified atom stereocenters. The van der Waals surface area contributed by atoms with E-state index in [4.69, 9.17) is 0 Å². The number of benzene rings is 1. The number of hydrogen-bond acceptors (Lipinski definition) is 8. The predicted octanol–water partition coefficient (Wildman–Crippen LogP) is 15.5. The van der Waals surface area contributed by atoms with Crippen molar-refractivity contribution in [3.8, 4) is 0 Å². The van der Waals surface area contributed by atoms with Crippen LogP contribution < -0.4 is 0 Å². The Morgan fingerprint density at radius 1 is 0.841 bits per heavy atom. The van der Waals surface area contributed by atoms with Crippen LogP contribution in [0.5, 0.6) is 0 Å². The van der Waals surface area contributed by atoms with E-state index < -0.39 is 5.92 Å². The van der Waals surface area contributed by atoms with Gasteiger partial charge >= 0.3 is 0 Å². The molecule has 1 aromatic carbocycles. The Bertz CT molecular complexity index is 1990. The molecule has 1 atom stereocenters. The number of aromatic nitrogens is 1. The van der Waals surface area contributed by atoms with E-state index in [-0.39, 0.29) is 36.0 Å². The second-order valence-electron chi connectivity index (χ2n) is 18.4. The van der Waals surface area contributed by atoms with Crippen LogP contribution in [-0.4, -0.2) is 71.4 Å². The van der Waals surface area contributed by atoms with Gasteiger partial charge in [0.25, 0.3) is 0 Å². The molecular formula is C61H97N3O5. The number of hydrogen-bond donors (Lipinski definition) is 0. The van der Waals surface area contributed by atoms with Crippen LogP contribution in [0.1, 0.15) is 216 Å². The maximum Gasteiger partial charge on any atom is 0.164 e. The number of nitrogens with zero attached hydrogens (tertiary/aromatic N) is 3. The number of pyridine rings is 1. The highest BCUT2D eigenvalue weighted by atomic mass is 16.1. The third kappa shape index (κ3) is 32.5. The quantitative estimate of drug-likeness (QED) is 0.0303. The lowest BCUT2D eigenvalue weighted by molar-refractivity contribution is -0.121. The number of ketones is 4. The van der Waals surface area contributed by atoms with Crippen LogP contribution in [0, 0.1) is 25.7 Å². The van der Waals surface area contributed by atoms with Gasteiger partial charge in [-0.15, -0.1) is 6.58 Å². The molecule has 8 nitrogen and oxygen atoms in total. The highest BCUT2D eigenvalue weighted by Gasteiger charge is 2.24. The van der Waals surface area contributed by atoms with Crippen molar-refractivity contribution >= 4 is 40.4 Å². The summed E-state index contributed by atoms with van der Waals surface area (Å²) in [6.45, 7) is 41.8. The first-order valence-electron chi connectivity index (χ1n) is 25.7. The molecule has 0 saturated heterocycles. The van der Waals surface area contributed by atoms with Crippen molar-refractivity contribution in [2.75, 3.05) is 26.7 Å². The Labute approximate surface area is 422 Å². The smallest absolute Gasteiger partial charge is 0.164 e. The number of carbonyl (C=O) groups excluding carboxylic acids is 5. The van der Waals surface area contributed by atoms with Crippen LogP contribution >= 0.6 is 0 Å². The molecule has 0 amide bonds. The number of aliphatic imine (C=N–C) groups is 1. The van der Waals surface area contributed by atoms with Crippen molar-refractivity contribution in [1.29, 1.82) is 0 Å². The third-order valence-corrected chi connectivity index (χ3v) is 11.1. The van der Waals surface area contributed by atoms with E-state index in [1.807, 2.05) is 71.0 Å². The van der Waals surface area contributed by atoms with Gasteiger partial charge in [-0.2, -0.15) is 0 Å². The number of rotatable bonds is 26. The van der Waals surface area contributed by atoms with Gasteiger partial charge in [-0.25, -0.2) is 4.79 Å². The molecule has 2 rings (SSSR count). The fourth-order valence-corrected chi connectivity index (χ4v) is 7.56. The minimum Gasteiger partial charge on any atom is -0.303 e. The summed E-state index contributed by atoms with van der Waals surface area (Å²) in [4.78, 5) is 70.5. The standard InChI is InChI=1S/C26H39NO4.C13H21N.C12H15NO.C7H16.C3H6/c1-6-15-27(16-7-2)17-9-11-22-10-8-12-24(26(22)21(5)30)25(31)18-23(20(4)29)14-13-19(3)28;1-6-8-13(14-5)12(4)10-7-9-11(2)3;1-5-11-10(4)13-9(3)6-12(11)8(2)7-14;1-4-5-6-7(2)3;1-3-2/h8,10,12,23H,6-7,9,11,13-18H2,1-5H3;7,9-10H,2,6,8H2,1,3-5H3;6H,5H2,1-4H3;7H,4-6H2,1-3H3;3H,1H2,2H3/b;9-7-,12-10+,14-13?;;;. The highest BCUT2D eigenvalue weighted by molar-refractivity contribution is 6.09. The summed E-state index contributed by atoms with van der Waals surface area (Å²) in [6, 6.07) is 7.39. The first-order chi connectivity index (χ1) is 32.6. The summed E-state index contributed by atoms with van der Waals surface area (Å²) in [5, 5.41) is 0. The summed E-state index contributed by atoms with van der Waals surface area (Å²) in [7, 11) is 1.85. The number of carbonyl (C=O) groups is 4. The number of unbranched alkanes of at least 4 members (excludes halogenated alkanes) is 1. The van der Waals surface area contributed by atoms with Gasteiger partial charge in [0, 0.05) is 59.6 Å². The van der Waals surface area contributed by atoms with Crippen molar-refractivity contribution in [3.05, 3.63) is 112 Å². The average Bonchev–Trinajstić information content (AvgIpc) is 3.28. The zero-order valence-corrected chi connectivity index (χ0v) is 46.9. The number of allylic oxidation sites excluding steroid dienone is 7. The van der Waals surface area contributed by atoms with Gasteiger partial charge < -0.3 is 9.69 Å². The SMILES string of the molecule is C=C(C)/C=C\C=C(/C)C(CCC)=NC.C=CC.CCCCC(C)C.CCCN(CCC)CCCc1cccc(C(=O)CC(CCC(C)=O)C(C)=O)c1C(C)=O.CCc1c(C(C)=C=O)cc(C)nc1C. The molecule has 0 aliphatic rings. The molecule has 1 heterocycles. The maximum atomic E-state index is 13.0. The fraction of sp³-hybridized carbons (Fsp3) is 0.574. The third-order valence-electron chi connectivity index (χ3n) is 11.1. The molecule has 8 heteroatoms. The lowest BCUT2D eigenvalue weighted by Crippen LogP contribution is -2.27. The molecule has 0 N–H and O–H groups in total. The Morgan fingerprint density at radius 3 is 1.88 bits per heavy atom. The van der Waals surface area contributed by atoms with Gasteiger partial charge in [-0.05, 0) is 161 Å². The van der Waals surface area contributed by atoms with Crippen LogP contribution in [-0.2, 0) is 27.2 Å². The van der Waals surface area contributed by atoms with Gasteiger partial charge in [0.05, 0.1) is 0 Å². The Hall–Kier alpha value is -4.91. The summed E-state index contributed by atoms with van der Waals surface area (Å²) in [5.41, 5.74) is 10.1. The molecule has 386 valence electrons. The average molecular weight is 952 g/mol. The molecule has 69 heavy (non-hydrogen) atoms. The first kappa shape index (κ1) is 68.4. The first-order valence-corrected chi connectivity index (χ1v) is 25.7. The second-order valence-corrected chi connectivity index (χ2v) is 18.4. The molecule has 1 aromatic heterocycles.